The number of aryl methyl sites for hydroxylation is 1. The lowest BCUT2D eigenvalue weighted by Crippen LogP contribution is -2.16. The van der Waals surface area contributed by atoms with Crippen LogP contribution in [0.3, 0.4) is 0 Å². The molecular weight excluding hydrogens is 312 g/mol. The summed E-state index contributed by atoms with van der Waals surface area (Å²) in [5.74, 6) is 1.57. The van der Waals surface area contributed by atoms with Gasteiger partial charge in [-0.05, 0) is 28.1 Å². The average molecular weight is 327 g/mol. The summed E-state index contributed by atoms with van der Waals surface area (Å²) in [6.45, 7) is 0. The summed E-state index contributed by atoms with van der Waals surface area (Å²) < 4.78 is 3.01. The Morgan fingerprint density at radius 1 is 1.44 bits per heavy atom. The van der Waals surface area contributed by atoms with Crippen LogP contribution in [0.15, 0.2) is 46.0 Å². The van der Waals surface area contributed by atoms with Crippen molar-refractivity contribution in [2.45, 2.75) is 17.4 Å². The standard InChI is InChI=1S/C13H15BrN2OS/c1-16-7-6-15-13(16)8-10(17)9-18-12-5-3-2-4-11(12)14/h2-7,10,17H,8-9H2,1H3. The minimum atomic E-state index is -0.386. The van der Waals surface area contributed by atoms with E-state index in [0.717, 1.165) is 15.2 Å². The molecule has 0 aliphatic heterocycles. The summed E-state index contributed by atoms with van der Waals surface area (Å²) in [6.07, 6.45) is 3.84. The molecule has 0 saturated heterocycles. The van der Waals surface area contributed by atoms with Crippen LogP contribution in [0.25, 0.3) is 0 Å². The number of thioether (sulfide) groups is 1. The molecule has 0 aliphatic carbocycles. The molecule has 1 heterocycles. The van der Waals surface area contributed by atoms with Crippen molar-refractivity contribution in [2.24, 2.45) is 7.05 Å². The normalized spacial score (nSPS) is 12.6. The summed E-state index contributed by atoms with van der Waals surface area (Å²) in [5, 5.41) is 10.0. The second-order valence-electron chi connectivity index (χ2n) is 4.05. The minimum Gasteiger partial charge on any atom is -0.392 e. The third-order valence-corrected chi connectivity index (χ3v) is 4.78. The molecule has 1 atom stereocenters. The van der Waals surface area contributed by atoms with Gasteiger partial charge >= 0.3 is 0 Å². The van der Waals surface area contributed by atoms with Crippen molar-refractivity contribution < 1.29 is 5.11 Å². The number of benzene rings is 1. The first-order valence-electron chi connectivity index (χ1n) is 5.68. The smallest absolute Gasteiger partial charge is 0.110 e. The molecule has 2 aromatic rings. The maximum atomic E-state index is 10.0. The number of aliphatic hydroxyl groups is 1. The average Bonchev–Trinajstić information content (AvgIpc) is 2.74. The highest BCUT2D eigenvalue weighted by Crippen LogP contribution is 2.27. The summed E-state index contributed by atoms with van der Waals surface area (Å²) >= 11 is 5.15. The molecule has 3 nitrogen and oxygen atoms in total. The Balaban J connectivity index is 1.87. The van der Waals surface area contributed by atoms with Crippen molar-refractivity contribution in [2.75, 3.05) is 5.75 Å². The van der Waals surface area contributed by atoms with Crippen LogP contribution in [0.1, 0.15) is 5.82 Å². The number of aliphatic hydroxyl groups excluding tert-OH is 1. The Kier molecular flexibility index (Phi) is 4.86. The molecule has 0 spiro atoms. The van der Waals surface area contributed by atoms with Gasteiger partial charge in [0.25, 0.3) is 0 Å². The monoisotopic (exact) mass is 326 g/mol. The van der Waals surface area contributed by atoms with E-state index in [9.17, 15) is 5.11 Å². The molecule has 0 radical (unpaired) electrons. The van der Waals surface area contributed by atoms with Crippen molar-refractivity contribution in [3.8, 4) is 0 Å². The summed E-state index contributed by atoms with van der Waals surface area (Å²) in [5.41, 5.74) is 0. The van der Waals surface area contributed by atoms with Gasteiger partial charge in [-0.1, -0.05) is 12.1 Å². The SMILES string of the molecule is Cn1ccnc1CC(O)CSc1ccccc1Br. The van der Waals surface area contributed by atoms with E-state index in [1.54, 1.807) is 18.0 Å². The number of nitrogens with zero attached hydrogens (tertiary/aromatic N) is 2. The molecule has 5 heteroatoms. The van der Waals surface area contributed by atoms with Gasteiger partial charge in [0.15, 0.2) is 0 Å². The first-order chi connectivity index (χ1) is 8.66. The fraction of sp³-hybridized carbons (Fsp3) is 0.308. The number of imidazole rings is 1. The molecule has 0 saturated carbocycles. The van der Waals surface area contributed by atoms with Gasteiger partial charge in [-0.2, -0.15) is 0 Å². The Morgan fingerprint density at radius 3 is 2.89 bits per heavy atom. The van der Waals surface area contributed by atoms with Gasteiger partial charge in [0, 0.05) is 41.0 Å². The number of hydrogen-bond acceptors (Lipinski definition) is 3. The van der Waals surface area contributed by atoms with Crippen LogP contribution in [0, 0.1) is 0 Å². The Morgan fingerprint density at radius 2 is 2.22 bits per heavy atom. The van der Waals surface area contributed by atoms with E-state index < -0.39 is 0 Å². The van der Waals surface area contributed by atoms with E-state index in [4.69, 9.17) is 0 Å². The van der Waals surface area contributed by atoms with Crippen LogP contribution in [0.4, 0.5) is 0 Å². The molecule has 1 aromatic carbocycles. The van der Waals surface area contributed by atoms with Crippen LogP contribution < -0.4 is 0 Å². The van der Waals surface area contributed by atoms with Crippen molar-refractivity contribution >= 4 is 27.7 Å². The maximum Gasteiger partial charge on any atom is 0.110 e. The van der Waals surface area contributed by atoms with E-state index in [1.165, 1.54) is 0 Å². The van der Waals surface area contributed by atoms with Gasteiger partial charge < -0.3 is 9.67 Å². The summed E-state index contributed by atoms with van der Waals surface area (Å²) in [7, 11) is 1.94. The van der Waals surface area contributed by atoms with E-state index in [0.29, 0.717) is 12.2 Å². The van der Waals surface area contributed by atoms with Crippen LogP contribution >= 0.6 is 27.7 Å². The highest BCUT2D eigenvalue weighted by Gasteiger charge is 2.10. The zero-order valence-electron chi connectivity index (χ0n) is 10.1. The van der Waals surface area contributed by atoms with Crippen LogP contribution in [0.5, 0.6) is 0 Å². The predicted octanol–water partition coefficient (Wildman–Crippen LogP) is 2.88. The third-order valence-electron chi connectivity index (χ3n) is 2.61. The molecule has 2 rings (SSSR count). The van der Waals surface area contributed by atoms with Crippen molar-refractivity contribution in [1.82, 2.24) is 9.55 Å². The number of rotatable bonds is 5. The fourth-order valence-corrected chi connectivity index (χ4v) is 3.11. The van der Waals surface area contributed by atoms with E-state index in [-0.39, 0.29) is 6.10 Å². The van der Waals surface area contributed by atoms with Gasteiger partial charge in [0.05, 0.1) is 6.10 Å². The molecule has 1 N–H and O–H groups in total. The summed E-state index contributed by atoms with van der Waals surface area (Å²) in [4.78, 5) is 5.36. The lowest BCUT2D eigenvalue weighted by Gasteiger charge is -2.10. The molecule has 96 valence electrons. The van der Waals surface area contributed by atoms with E-state index in [2.05, 4.69) is 20.9 Å². The first kappa shape index (κ1) is 13.6. The number of hydrogen-bond donors (Lipinski definition) is 1. The lowest BCUT2D eigenvalue weighted by atomic mass is 10.3. The third kappa shape index (κ3) is 3.60. The van der Waals surface area contributed by atoms with Gasteiger partial charge in [0.2, 0.25) is 0 Å². The molecule has 0 aliphatic rings. The summed E-state index contributed by atoms with van der Waals surface area (Å²) in [6, 6.07) is 8.03. The zero-order chi connectivity index (χ0) is 13.0. The van der Waals surface area contributed by atoms with Crippen molar-refractivity contribution in [1.29, 1.82) is 0 Å². The molecule has 1 unspecified atom stereocenters. The highest BCUT2D eigenvalue weighted by atomic mass is 79.9. The molecule has 18 heavy (non-hydrogen) atoms. The topological polar surface area (TPSA) is 38.0 Å². The number of halogens is 1. The van der Waals surface area contributed by atoms with Gasteiger partial charge in [-0.25, -0.2) is 4.98 Å². The molecular formula is C13H15BrN2OS. The second kappa shape index (κ2) is 6.41. The van der Waals surface area contributed by atoms with Gasteiger partial charge in [-0.15, -0.1) is 11.8 Å². The van der Waals surface area contributed by atoms with Gasteiger partial charge in [-0.3, -0.25) is 0 Å². The Hall–Kier alpha value is -0.780. The molecule has 0 fully saturated rings. The van der Waals surface area contributed by atoms with Crippen LogP contribution in [-0.2, 0) is 13.5 Å². The molecule has 0 bridgehead atoms. The largest absolute Gasteiger partial charge is 0.392 e. The second-order valence-corrected chi connectivity index (χ2v) is 5.97. The maximum absolute atomic E-state index is 10.0. The lowest BCUT2D eigenvalue weighted by molar-refractivity contribution is 0.196. The fourth-order valence-electron chi connectivity index (χ4n) is 1.61. The minimum absolute atomic E-state index is 0.386. The molecule has 0 amide bonds. The zero-order valence-corrected chi connectivity index (χ0v) is 12.5. The van der Waals surface area contributed by atoms with E-state index in [1.807, 2.05) is 42.1 Å². The first-order valence-corrected chi connectivity index (χ1v) is 7.46. The molecule has 1 aromatic heterocycles. The predicted molar refractivity (Wildman–Crippen MR) is 77.8 cm³/mol. The van der Waals surface area contributed by atoms with Gasteiger partial charge in [0.1, 0.15) is 5.82 Å². The van der Waals surface area contributed by atoms with Crippen molar-refractivity contribution in [3.63, 3.8) is 0 Å². The van der Waals surface area contributed by atoms with Crippen molar-refractivity contribution in [3.05, 3.63) is 47.0 Å². The number of aromatic nitrogens is 2. The Labute approximate surface area is 119 Å². The van der Waals surface area contributed by atoms with E-state index >= 15 is 0 Å². The van der Waals surface area contributed by atoms with Crippen LogP contribution in [0.2, 0.25) is 0 Å². The quantitative estimate of drug-likeness (QED) is 0.858. The Bertz CT molecular complexity index is 515. The highest BCUT2D eigenvalue weighted by molar-refractivity contribution is 9.10. The van der Waals surface area contributed by atoms with Crippen LogP contribution in [-0.4, -0.2) is 26.5 Å².